The quantitative estimate of drug-likeness (QED) is 0.374. The Kier molecular flexibility index (Phi) is 11.2. The van der Waals surface area contributed by atoms with E-state index in [1.807, 2.05) is 0 Å². The Morgan fingerprint density at radius 3 is 0.786 bits per heavy atom. The molecule has 4 saturated carbocycles. The zero-order valence-electron chi connectivity index (χ0n) is 18.8. The number of rotatable bonds is 6. The van der Waals surface area contributed by atoms with E-state index >= 15 is 0 Å². The molecule has 4 heteroatoms. The van der Waals surface area contributed by atoms with Crippen molar-refractivity contribution in [1.82, 2.24) is 0 Å². The summed E-state index contributed by atoms with van der Waals surface area (Å²) in [6.07, 6.45) is 32.5. The van der Waals surface area contributed by atoms with Gasteiger partial charge in [-0.05, 0) is 103 Å². The van der Waals surface area contributed by atoms with Gasteiger partial charge >= 0.3 is 0 Å². The van der Waals surface area contributed by atoms with Gasteiger partial charge in [0.05, 0.1) is 0 Å². The molecule has 0 aromatic carbocycles. The molecule has 0 atom stereocenters. The molecule has 0 unspecified atom stereocenters. The Labute approximate surface area is 190 Å². The van der Waals surface area contributed by atoms with Crippen molar-refractivity contribution in [2.24, 2.45) is 0 Å². The van der Waals surface area contributed by atoms with Crippen molar-refractivity contribution in [2.75, 3.05) is 0 Å². The average Bonchev–Trinajstić information content (AvgIpc) is 2.77. The summed E-state index contributed by atoms with van der Waals surface area (Å²) in [5.74, 6) is 0. The van der Waals surface area contributed by atoms with E-state index in [0.717, 1.165) is 0 Å². The molecule has 0 saturated heterocycles. The Balaban J connectivity index is 0.00000225. The molecule has 164 valence electrons. The SMILES string of the molecule is [BH2-]([PH+](C1CCCCC1)C1CCCCC1)[PH+](C1CCCCC1)C1CCCCC1.[Br-]. The van der Waals surface area contributed by atoms with Crippen LogP contribution in [0.4, 0.5) is 0 Å². The smallest absolute Gasteiger partial charge is 0.291 e. The van der Waals surface area contributed by atoms with Gasteiger partial charge in [-0.1, -0.05) is 25.7 Å². The average molecular weight is 489 g/mol. The standard InChI is InChI=1S/C24H48BP2.BrH/c1-5-13-21(14-6-1)26(22-15-7-2-8-16-22)25-27(23-17-9-3-10-18-23)24-19-11-4-12-20-24;/h21-24,26-27H,1-20,25H2;1H/q+1;/p-1. The summed E-state index contributed by atoms with van der Waals surface area (Å²) in [6, 6.07) is 0. The monoisotopic (exact) mass is 488 g/mol. The van der Waals surface area contributed by atoms with E-state index in [9.17, 15) is 0 Å². The molecule has 0 spiro atoms. The fourth-order valence-electron chi connectivity index (χ4n) is 8.05. The van der Waals surface area contributed by atoms with Gasteiger partial charge in [-0.3, -0.25) is 0 Å². The van der Waals surface area contributed by atoms with Gasteiger partial charge in [0.15, 0.2) is 0 Å². The Hall–Kier alpha value is 1.40. The van der Waals surface area contributed by atoms with E-state index in [4.69, 9.17) is 0 Å². The van der Waals surface area contributed by atoms with Gasteiger partial charge < -0.3 is 17.0 Å². The second-order valence-electron chi connectivity index (χ2n) is 11.1. The van der Waals surface area contributed by atoms with Crippen LogP contribution in [0, 0.1) is 0 Å². The predicted molar refractivity (Wildman–Crippen MR) is 133 cm³/mol. The maximum Gasteiger partial charge on any atom is 0.291 e. The minimum atomic E-state index is 0. The van der Waals surface area contributed by atoms with Gasteiger partial charge in [0.25, 0.3) is 6.72 Å². The van der Waals surface area contributed by atoms with Gasteiger partial charge in [0.1, 0.15) is 0 Å². The van der Waals surface area contributed by atoms with Crippen molar-refractivity contribution in [3.63, 3.8) is 0 Å². The fourth-order valence-corrected chi connectivity index (χ4v) is 23.9. The molecular weight excluding hydrogens is 441 g/mol. The summed E-state index contributed by atoms with van der Waals surface area (Å²) in [4.78, 5) is 0. The zero-order valence-corrected chi connectivity index (χ0v) is 22.4. The largest absolute Gasteiger partial charge is 1.00 e. The van der Waals surface area contributed by atoms with Crippen molar-refractivity contribution >= 4 is 22.3 Å². The first-order chi connectivity index (χ1) is 13.4. The van der Waals surface area contributed by atoms with Gasteiger partial charge in [-0.2, -0.15) is 0 Å². The van der Waals surface area contributed by atoms with Crippen LogP contribution in [0.3, 0.4) is 0 Å². The maximum absolute atomic E-state index is 1.68. The lowest BCUT2D eigenvalue weighted by Gasteiger charge is -2.41. The Bertz CT molecular complexity index is 337. The van der Waals surface area contributed by atoms with Crippen LogP contribution in [-0.2, 0) is 0 Å². The van der Waals surface area contributed by atoms with Gasteiger partial charge in [-0.15, -0.1) is 15.6 Å². The first-order valence-corrected chi connectivity index (χ1v) is 17.7. The summed E-state index contributed by atoms with van der Waals surface area (Å²) in [5.41, 5.74) is 5.16. The Morgan fingerprint density at radius 1 is 0.357 bits per heavy atom. The molecule has 28 heavy (non-hydrogen) atoms. The normalized spacial score (nSPS) is 27.2. The van der Waals surface area contributed by atoms with Crippen molar-refractivity contribution in [1.29, 1.82) is 0 Å². The first kappa shape index (κ1) is 24.1. The molecule has 0 aliphatic heterocycles. The lowest BCUT2D eigenvalue weighted by Crippen LogP contribution is -3.00. The fraction of sp³-hybridized carbons (Fsp3) is 1.00. The van der Waals surface area contributed by atoms with Crippen molar-refractivity contribution in [2.45, 2.75) is 151 Å². The van der Waals surface area contributed by atoms with Crippen LogP contribution in [0.25, 0.3) is 0 Å². The van der Waals surface area contributed by atoms with Crippen LogP contribution in [-0.4, -0.2) is 29.4 Å². The topological polar surface area (TPSA) is 0 Å². The summed E-state index contributed by atoms with van der Waals surface area (Å²) >= 11 is 0. The summed E-state index contributed by atoms with van der Waals surface area (Å²) in [6.45, 7) is 0.423. The minimum Gasteiger partial charge on any atom is -1.00 e. The summed E-state index contributed by atoms with van der Waals surface area (Å²) in [7, 11) is 0.0582. The third kappa shape index (κ3) is 6.70. The van der Waals surface area contributed by atoms with E-state index in [2.05, 4.69) is 0 Å². The number of hydrogen-bond acceptors (Lipinski definition) is 0. The van der Waals surface area contributed by atoms with Crippen LogP contribution >= 0.6 is 15.6 Å². The van der Waals surface area contributed by atoms with Gasteiger partial charge in [0.2, 0.25) is 0 Å². The molecule has 0 bridgehead atoms. The molecule has 0 amide bonds. The first-order valence-electron chi connectivity index (χ1n) is 13.4. The Morgan fingerprint density at radius 2 is 0.571 bits per heavy atom. The highest BCUT2D eigenvalue weighted by atomic mass is 79.9. The van der Waals surface area contributed by atoms with Crippen molar-refractivity contribution in [3.05, 3.63) is 0 Å². The van der Waals surface area contributed by atoms with E-state index in [0.29, 0.717) is 6.72 Å². The lowest BCUT2D eigenvalue weighted by molar-refractivity contribution is -0.00000551. The molecule has 0 heterocycles. The molecule has 4 aliphatic carbocycles. The van der Waals surface area contributed by atoms with Gasteiger partial charge in [0, 0.05) is 22.6 Å². The molecule has 4 aliphatic rings. The van der Waals surface area contributed by atoms with Crippen LogP contribution in [0.1, 0.15) is 128 Å². The van der Waals surface area contributed by atoms with Crippen LogP contribution in [0.2, 0.25) is 0 Å². The van der Waals surface area contributed by atoms with E-state index in [-0.39, 0.29) is 32.6 Å². The molecule has 0 N–H and O–H groups in total. The number of halogens is 1. The third-order valence-corrected chi connectivity index (χ3v) is 21.7. The predicted octanol–water partition coefficient (Wildman–Crippen LogP) is 4.75. The molecule has 0 radical (unpaired) electrons. The zero-order chi connectivity index (χ0) is 18.3. The lowest BCUT2D eigenvalue weighted by atomic mass is 9.99. The van der Waals surface area contributed by atoms with Crippen molar-refractivity contribution in [3.8, 4) is 0 Å². The van der Waals surface area contributed by atoms with Crippen molar-refractivity contribution < 1.29 is 17.0 Å². The molecule has 0 nitrogen and oxygen atoms in total. The molecule has 4 fully saturated rings. The molecule has 4 rings (SSSR count). The summed E-state index contributed by atoms with van der Waals surface area (Å²) in [5, 5.41) is 0. The summed E-state index contributed by atoms with van der Waals surface area (Å²) < 4.78 is 0. The van der Waals surface area contributed by atoms with E-state index < -0.39 is 0 Å². The highest BCUT2D eigenvalue weighted by molar-refractivity contribution is 8.15. The molecule has 0 aromatic heterocycles. The van der Waals surface area contributed by atoms with E-state index in [1.165, 1.54) is 22.6 Å². The maximum atomic E-state index is 1.68. The second-order valence-corrected chi connectivity index (χ2v) is 19.3. The van der Waals surface area contributed by atoms with Crippen LogP contribution in [0.5, 0.6) is 0 Å². The number of hydrogen-bond donors (Lipinski definition) is 0. The highest BCUT2D eigenvalue weighted by Gasteiger charge is 2.42. The minimum absolute atomic E-state index is 0. The van der Waals surface area contributed by atoms with Gasteiger partial charge in [-0.25, -0.2) is 0 Å². The second kappa shape index (κ2) is 13.1. The third-order valence-electron chi connectivity index (χ3n) is 9.57. The van der Waals surface area contributed by atoms with Crippen LogP contribution in [0.15, 0.2) is 0 Å². The molecule has 0 aromatic rings. The van der Waals surface area contributed by atoms with Crippen LogP contribution < -0.4 is 17.0 Å². The molecular formula is C24H48BBrP2. The van der Waals surface area contributed by atoms with E-state index in [1.54, 1.807) is 128 Å². The highest BCUT2D eigenvalue weighted by Crippen LogP contribution is 2.65.